The van der Waals surface area contributed by atoms with Crippen molar-refractivity contribution in [3.05, 3.63) is 23.7 Å². The Morgan fingerprint density at radius 2 is 2.23 bits per heavy atom. The lowest BCUT2D eigenvalue weighted by Crippen LogP contribution is -2.22. The molecule has 0 aliphatic heterocycles. The van der Waals surface area contributed by atoms with Crippen molar-refractivity contribution in [2.45, 2.75) is 33.2 Å². The van der Waals surface area contributed by atoms with Crippen LogP contribution in [0, 0.1) is 12.8 Å². The molecule has 1 aromatic heterocycles. The van der Waals surface area contributed by atoms with Crippen molar-refractivity contribution in [1.29, 1.82) is 0 Å². The van der Waals surface area contributed by atoms with E-state index in [0.29, 0.717) is 12.0 Å². The van der Waals surface area contributed by atoms with Crippen molar-refractivity contribution >= 4 is 0 Å². The number of nitrogens with one attached hydrogen (secondary N) is 1. The molecule has 0 radical (unpaired) electrons. The summed E-state index contributed by atoms with van der Waals surface area (Å²) in [5.41, 5.74) is 1.26. The van der Waals surface area contributed by atoms with Gasteiger partial charge in [-0.1, -0.05) is 20.3 Å². The van der Waals surface area contributed by atoms with Crippen LogP contribution in [0.15, 0.2) is 16.7 Å². The molecule has 74 valence electrons. The van der Waals surface area contributed by atoms with E-state index in [-0.39, 0.29) is 0 Å². The Labute approximate surface area is 80.3 Å². The number of aryl methyl sites for hydroxylation is 1. The minimum atomic E-state index is 0.419. The van der Waals surface area contributed by atoms with Crippen molar-refractivity contribution in [2.75, 3.05) is 7.05 Å². The van der Waals surface area contributed by atoms with Gasteiger partial charge in [0.1, 0.15) is 5.76 Å². The maximum atomic E-state index is 5.30. The molecular formula is C11H19NO. The molecule has 1 aromatic rings. The minimum Gasteiger partial charge on any atom is -0.469 e. The van der Waals surface area contributed by atoms with Crippen molar-refractivity contribution in [3.8, 4) is 0 Å². The van der Waals surface area contributed by atoms with E-state index in [1.165, 1.54) is 12.0 Å². The fourth-order valence-electron chi connectivity index (χ4n) is 1.64. The summed E-state index contributed by atoms with van der Waals surface area (Å²) in [5, 5.41) is 3.32. The van der Waals surface area contributed by atoms with Gasteiger partial charge in [-0.05, 0) is 26.0 Å². The van der Waals surface area contributed by atoms with E-state index in [1.54, 1.807) is 0 Å². The standard InChI is InChI=1S/C11H19NO/c1-5-8(2)11(12-4)10-6-9(3)13-7-10/h6-8,11-12H,5H2,1-4H3. The van der Waals surface area contributed by atoms with Crippen LogP contribution in [0.2, 0.25) is 0 Å². The van der Waals surface area contributed by atoms with Crippen LogP contribution in [-0.4, -0.2) is 7.05 Å². The van der Waals surface area contributed by atoms with Crippen molar-refractivity contribution < 1.29 is 4.42 Å². The molecular weight excluding hydrogens is 162 g/mol. The summed E-state index contributed by atoms with van der Waals surface area (Å²) in [6.45, 7) is 6.44. The number of furan rings is 1. The third kappa shape index (κ3) is 2.34. The summed E-state index contributed by atoms with van der Waals surface area (Å²) < 4.78 is 5.30. The van der Waals surface area contributed by atoms with Gasteiger partial charge in [0.05, 0.1) is 6.26 Å². The normalized spacial score (nSPS) is 15.7. The van der Waals surface area contributed by atoms with E-state index >= 15 is 0 Å². The first kappa shape index (κ1) is 10.3. The number of rotatable bonds is 4. The van der Waals surface area contributed by atoms with Gasteiger partial charge in [-0.15, -0.1) is 0 Å². The van der Waals surface area contributed by atoms with Gasteiger partial charge in [0.2, 0.25) is 0 Å². The Hall–Kier alpha value is -0.760. The highest BCUT2D eigenvalue weighted by Gasteiger charge is 2.17. The van der Waals surface area contributed by atoms with E-state index in [0.717, 1.165) is 5.76 Å². The second-order valence-corrected chi connectivity index (χ2v) is 3.64. The van der Waals surface area contributed by atoms with Gasteiger partial charge in [0.25, 0.3) is 0 Å². The molecule has 0 aliphatic rings. The molecule has 0 saturated carbocycles. The van der Waals surface area contributed by atoms with Gasteiger partial charge in [0, 0.05) is 11.6 Å². The molecule has 1 N–H and O–H groups in total. The SMILES string of the molecule is CCC(C)C(NC)c1coc(C)c1. The highest BCUT2D eigenvalue weighted by Crippen LogP contribution is 2.25. The van der Waals surface area contributed by atoms with E-state index < -0.39 is 0 Å². The lowest BCUT2D eigenvalue weighted by Gasteiger charge is -2.20. The molecule has 0 spiro atoms. The monoisotopic (exact) mass is 181 g/mol. The fourth-order valence-corrected chi connectivity index (χ4v) is 1.64. The predicted molar refractivity (Wildman–Crippen MR) is 54.7 cm³/mol. The Kier molecular flexibility index (Phi) is 3.55. The molecule has 0 aliphatic carbocycles. The topological polar surface area (TPSA) is 25.2 Å². The summed E-state index contributed by atoms with van der Waals surface area (Å²) in [6.07, 6.45) is 3.03. The first-order valence-electron chi connectivity index (χ1n) is 4.91. The van der Waals surface area contributed by atoms with Crippen LogP contribution < -0.4 is 5.32 Å². The molecule has 1 rings (SSSR count). The molecule has 0 fully saturated rings. The van der Waals surface area contributed by atoms with Crippen LogP contribution in [0.4, 0.5) is 0 Å². The summed E-state index contributed by atoms with van der Waals surface area (Å²) in [4.78, 5) is 0. The van der Waals surface area contributed by atoms with Crippen LogP contribution in [0.3, 0.4) is 0 Å². The molecule has 0 amide bonds. The highest BCUT2D eigenvalue weighted by atomic mass is 16.3. The highest BCUT2D eigenvalue weighted by molar-refractivity contribution is 5.16. The average molecular weight is 181 g/mol. The zero-order valence-corrected chi connectivity index (χ0v) is 8.92. The Morgan fingerprint density at radius 1 is 1.54 bits per heavy atom. The maximum absolute atomic E-state index is 5.30. The maximum Gasteiger partial charge on any atom is 0.101 e. The zero-order valence-electron chi connectivity index (χ0n) is 8.92. The quantitative estimate of drug-likeness (QED) is 0.772. The molecule has 2 heteroatoms. The molecule has 2 atom stereocenters. The number of hydrogen-bond acceptors (Lipinski definition) is 2. The van der Waals surface area contributed by atoms with Crippen molar-refractivity contribution in [3.63, 3.8) is 0 Å². The molecule has 0 aromatic carbocycles. The third-order valence-corrected chi connectivity index (χ3v) is 2.63. The molecule has 1 heterocycles. The van der Waals surface area contributed by atoms with Crippen LogP contribution in [0.5, 0.6) is 0 Å². The average Bonchev–Trinajstić information content (AvgIpc) is 2.53. The van der Waals surface area contributed by atoms with Crippen molar-refractivity contribution in [2.24, 2.45) is 5.92 Å². The lowest BCUT2D eigenvalue weighted by atomic mass is 9.94. The Morgan fingerprint density at radius 3 is 2.62 bits per heavy atom. The summed E-state index contributed by atoms with van der Waals surface area (Å²) in [5.74, 6) is 1.63. The smallest absolute Gasteiger partial charge is 0.101 e. The molecule has 0 saturated heterocycles. The van der Waals surface area contributed by atoms with Gasteiger partial charge >= 0.3 is 0 Å². The van der Waals surface area contributed by atoms with Crippen molar-refractivity contribution in [1.82, 2.24) is 5.32 Å². The van der Waals surface area contributed by atoms with E-state index in [4.69, 9.17) is 4.42 Å². The Balaban J connectivity index is 2.77. The third-order valence-electron chi connectivity index (χ3n) is 2.63. The molecule has 2 unspecified atom stereocenters. The van der Waals surface area contributed by atoms with Gasteiger partial charge in [-0.25, -0.2) is 0 Å². The van der Waals surface area contributed by atoms with Crippen LogP contribution in [0.25, 0.3) is 0 Å². The van der Waals surface area contributed by atoms with Gasteiger partial charge in [-0.3, -0.25) is 0 Å². The first-order valence-corrected chi connectivity index (χ1v) is 4.91. The zero-order chi connectivity index (χ0) is 9.84. The first-order chi connectivity index (χ1) is 6.19. The Bertz CT molecular complexity index is 254. The van der Waals surface area contributed by atoms with Crippen LogP contribution in [0.1, 0.15) is 37.6 Å². The van der Waals surface area contributed by atoms with Gasteiger partial charge < -0.3 is 9.73 Å². The molecule has 0 bridgehead atoms. The van der Waals surface area contributed by atoms with Gasteiger partial charge in [-0.2, -0.15) is 0 Å². The lowest BCUT2D eigenvalue weighted by molar-refractivity contribution is 0.396. The van der Waals surface area contributed by atoms with Crippen LogP contribution in [-0.2, 0) is 0 Å². The van der Waals surface area contributed by atoms with E-state index in [1.807, 2.05) is 20.2 Å². The fraction of sp³-hybridized carbons (Fsp3) is 0.636. The second kappa shape index (κ2) is 4.47. The summed E-state index contributed by atoms with van der Waals surface area (Å²) in [7, 11) is 2.00. The number of hydrogen-bond donors (Lipinski definition) is 1. The van der Waals surface area contributed by atoms with Gasteiger partial charge in [0.15, 0.2) is 0 Å². The predicted octanol–water partition coefficient (Wildman–Crippen LogP) is 2.89. The van der Waals surface area contributed by atoms with E-state index in [2.05, 4.69) is 25.2 Å². The summed E-state index contributed by atoms with van der Waals surface area (Å²) in [6, 6.07) is 2.52. The minimum absolute atomic E-state index is 0.419. The van der Waals surface area contributed by atoms with Crippen LogP contribution >= 0.6 is 0 Å². The molecule has 13 heavy (non-hydrogen) atoms. The summed E-state index contributed by atoms with van der Waals surface area (Å²) >= 11 is 0. The van der Waals surface area contributed by atoms with E-state index in [9.17, 15) is 0 Å². The molecule has 2 nitrogen and oxygen atoms in total. The second-order valence-electron chi connectivity index (χ2n) is 3.64. The largest absolute Gasteiger partial charge is 0.469 e.